The molecule has 0 saturated carbocycles. The van der Waals surface area contributed by atoms with Crippen molar-refractivity contribution < 1.29 is 4.79 Å². The first-order chi connectivity index (χ1) is 7.00. The molecule has 0 saturated heterocycles. The van der Waals surface area contributed by atoms with Crippen LogP contribution < -0.4 is 11.6 Å². The fraction of sp³-hybridized carbons (Fsp3) is 0.300. The summed E-state index contributed by atoms with van der Waals surface area (Å²) in [5, 5.41) is 1.02. The van der Waals surface area contributed by atoms with Crippen molar-refractivity contribution in [2.45, 2.75) is 12.5 Å². The van der Waals surface area contributed by atoms with E-state index in [4.69, 9.17) is 11.6 Å². The van der Waals surface area contributed by atoms with Gasteiger partial charge in [-0.25, -0.2) is 5.84 Å². The van der Waals surface area contributed by atoms with Gasteiger partial charge in [-0.3, -0.25) is 9.80 Å². The quantitative estimate of drug-likeness (QED) is 0.482. The van der Waals surface area contributed by atoms with Crippen LogP contribution in [0.15, 0.2) is 28.7 Å². The summed E-state index contributed by atoms with van der Waals surface area (Å²) in [6.45, 7) is 0. The minimum absolute atomic E-state index is 0.269. The highest BCUT2D eigenvalue weighted by atomic mass is 79.9. The van der Waals surface area contributed by atoms with Crippen LogP contribution in [0.5, 0.6) is 0 Å². The van der Waals surface area contributed by atoms with Crippen molar-refractivity contribution in [2.75, 3.05) is 7.05 Å². The molecule has 5 heteroatoms. The molecule has 15 heavy (non-hydrogen) atoms. The van der Waals surface area contributed by atoms with Crippen LogP contribution >= 0.6 is 15.9 Å². The Morgan fingerprint density at radius 1 is 1.60 bits per heavy atom. The van der Waals surface area contributed by atoms with Crippen LogP contribution in [0.4, 0.5) is 0 Å². The highest BCUT2D eigenvalue weighted by Gasteiger charge is 2.16. The Hall–Kier alpha value is -0.910. The summed E-state index contributed by atoms with van der Waals surface area (Å²) in [5.74, 6) is 5.05. The lowest BCUT2D eigenvalue weighted by molar-refractivity contribution is -0.131. The molecule has 1 aromatic rings. The molecule has 0 fully saturated rings. The Bertz CT molecular complexity index is 354. The van der Waals surface area contributed by atoms with Crippen LogP contribution in [-0.4, -0.2) is 24.0 Å². The Morgan fingerprint density at radius 2 is 2.27 bits per heavy atom. The number of amides is 1. The SMILES string of the molecule is CN(N)C(=O)C(N)Cc1cccc(Br)c1. The molecule has 4 N–H and O–H groups in total. The summed E-state index contributed by atoms with van der Waals surface area (Å²) < 4.78 is 0.973. The van der Waals surface area contributed by atoms with Crippen LogP contribution in [0.2, 0.25) is 0 Å². The number of hydrogen-bond donors (Lipinski definition) is 2. The van der Waals surface area contributed by atoms with Gasteiger partial charge in [0.25, 0.3) is 5.91 Å². The van der Waals surface area contributed by atoms with Crippen LogP contribution in [-0.2, 0) is 11.2 Å². The van der Waals surface area contributed by atoms with Crippen molar-refractivity contribution in [1.29, 1.82) is 0 Å². The van der Waals surface area contributed by atoms with E-state index in [0.29, 0.717) is 6.42 Å². The second-order valence-corrected chi connectivity index (χ2v) is 4.31. The second-order valence-electron chi connectivity index (χ2n) is 3.39. The Labute approximate surface area is 97.3 Å². The van der Waals surface area contributed by atoms with E-state index in [2.05, 4.69) is 15.9 Å². The molecule has 0 radical (unpaired) electrons. The summed E-state index contributed by atoms with van der Waals surface area (Å²) in [4.78, 5) is 11.4. The minimum atomic E-state index is -0.589. The number of hydrogen-bond acceptors (Lipinski definition) is 3. The van der Waals surface area contributed by atoms with Gasteiger partial charge in [0.15, 0.2) is 0 Å². The lowest BCUT2D eigenvalue weighted by atomic mass is 10.1. The van der Waals surface area contributed by atoms with Gasteiger partial charge >= 0.3 is 0 Å². The van der Waals surface area contributed by atoms with Crippen molar-refractivity contribution in [2.24, 2.45) is 11.6 Å². The standard InChI is InChI=1S/C10H14BrN3O/c1-14(13)10(15)9(12)6-7-3-2-4-8(11)5-7/h2-5,9H,6,12-13H2,1H3. The van der Waals surface area contributed by atoms with E-state index in [0.717, 1.165) is 15.0 Å². The third-order valence-electron chi connectivity index (χ3n) is 2.01. The van der Waals surface area contributed by atoms with Gasteiger partial charge in [-0.1, -0.05) is 28.1 Å². The molecule has 1 amide bonds. The largest absolute Gasteiger partial charge is 0.320 e. The van der Waals surface area contributed by atoms with Crippen molar-refractivity contribution in [3.63, 3.8) is 0 Å². The van der Waals surface area contributed by atoms with E-state index in [-0.39, 0.29) is 5.91 Å². The normalized spacial score (nSPS) is 12.3. The maximum atomic E-state index is 11.4. The third-order valence-corrected chi connectivity index (χ3v) is 2.50. The molecule has 0 aliphatic rings. The number of rotatable bonds is 3. The zero-order chi connectivity index (χ0) is 11.4. The molecule has 1 atom stereocenters. The minimum Gasteiger partial charge on any atom is -0.320 e. The molecule has 1 rings (SSSR count). The molecule has 0 heterocycles. The van der Waals surface area contributed by atoms with Crippen LogP contribution in [0.3, 0.4) is 0 Å². The number of carbonyl (C=O) groups is 1. The highest BCUT2D eigenvalue weighted by Crippen LogP contribution is 2.12. The van der Waals surface area contributed by atoms with Crippen molar-refractivity contribution in [1.82, 2.24) is 5.01 Å². The first kappa shape index (κ1) is 12.2. The Morgan fingerprint density at radius 3 is 2.80 bits per heavy atom. The number of halogens is 1. The second kappa shape index (κ2) is 5.25. The van der Waals surface area contributed by atoms with Gasteiger partial charge < -0.3 is 5.73 Å². The van der Waals surface area contributed by atoms with Crippen LogP contribution in [0.1, 0.15) is 5.56 Å². The number of carbonyl (C=O) groups excluding carboxylic acids is 1. The average Bonchev–Trinajstić information content (AvgIpc) is 2.16. The van der Waals surface area contributed by atoms with E-state index in [1.165, 1.54) is 7.05 Å². The van der Waals surface area contributed by atoms with Crippen molar-refractivity contribution >= 4 is 21.8 Å². The molecule has 1 unspecified atom stereocenters. The number of hydrazine groups is 1. The number of nitrogens with zero attached hydrogens (tertiary/aromatic N) is 1. The van der Waals surface area contributed by atoms with E-state index in [9.17, 15) is 4.79 Å². The lowest BCUT2D eigenvalue weighted by Gasteiger charge is -2.16. The topological polar surface area (TPSA) is 72.3 Å². The monoisotopic (exact) mass is 271 g/mol. The predicted molar refractivity (Wildman–Crippen MR) is 62.8 cm³/mol. The highest BCUT2D eigenvalue weighted by molar-refractivity contribution is 9.10. The third kappa shape index (κ3) is 3.62. The van der Waals surface area contributed by atoms with Gasteiger partial charge in [0.05, 0.1) is 6.04 Å². The fourth-order valence-electron chi connectivity index (χ4n) is 1.27. The summed E-state index contributed by atoms with van der Waals surface area (Å²) in [6, 6.07) is 7.10. The molecular formula is C10H14BrN3O. The Balaban J connectivity index is 2.66. The number of benzene rings is 1. The maximum Gasteiger partial charge on any atom is 0.253 e. The molecular weight excluding hydrogens is 258 g/mol. The molecule has 4 nitrogen and oxygen atoms in total. The average molecular weight is 272 g/mol. The van der Waals surface area contributed by atoms with E-state index < -0.39 is 6.04 Å². The fourth-order valence-corrected chi connectivity index (χ4v) is 1.71. The predicted octanol–water partition coefficient (Wildman–Crippen LogP) is 0.651. The lowest BCUT2D eigenvalue weighted by Crippen LogP contribution is -2.46. The van der Waals surface area contributed by atoms with Crippen LogP contribution in [0, 0.1) is 0 Å². The zero-order valence-electron chi connectivity index (χ0n) is 8.48. The van der Waals surface area contributed by atoms with E-state index >= 15 is 0 Å². The summed E-state index contributed by atoms with van der Waals surface area (Å²) in [6.07, 6.45) is 0.486. The number of nitrogens with two attached hydrogens (primary N) is 2. The molecule has 0 aromatic heterocycles. The molecule has 1 aromatic carbocycles. The first-order valence-corrected chi connectivity index (χ1v) is 5.32. The molecule has 0 bridgehead atoms. The van der Waals surface area contributed by atoms with Gasteiger partial charge in [-0.15, -0.1) is 0 Å². The van der Waals surface area contributed by atoms with Gasteiger partial charge in [0.1, 0.15) is 0 Å². The smallest absolute Gasteiger partial charge is 0.253 e. The van der Waals surface area contributed by atoms with E-state index in [1.807, 2.05) is 24.3 Å². The van der Waals surface area contributed by atoms with Gasteiger partial charge in [-0.05, 0) is 24.1 Å². The van der Waals surface area contributed by atoms with Crippen molar-refractivity contribution in [3.8, 4) is 0 Å². The summed E-state index contributed by atoms with van der Waals surface area (Å²) in [7, 11) is 1.49. The molecule has 0 aliphatic heterocycles. The summed E-state index contributed by atoms with van der Waals surface area (Å²) in [5.41, 5.74) is 6.72. The first-order valence-electron chi connectivity index (χ1n) is 4.53. The van der Waals surface area contributed by atoms with Crippen LogP contribution in [0.25, 0.3) is 0 Å². The summed E-state index contributed by atoms with van der Waals surface area (Å²) >= 11 is 3.36. The zero-order valence-corrected chi connectivity index (χ0v) is 10.1. The van der Waals surface area contributed by atoms with E-state index in [1.54, 1.807) is 0 Å². The van der Waals surface area contributed by atoms with Gasteiger partial charge in [0, 0.05) is 11.5 Å². The van der Waals surface area contributed by atoms with Gasteiger partial charge in [0.2, 0.25) is 0 Å². The van der Waals surface area contributed by atoms with Crippen molar-refractivity contribution in [3.05, 3.63) is 34.3 Å². The molecule has 82 valence electrons. The Kier molecular flexibility index (Phi) is 4.26. The molecule has 0 aliphatic carbocycles. The van der Waals surface area contributed by atoms with Gasteiger partial charge in [-0.2, -0.15) is 0 Å². The maximum absolute atomic E-state index is 11.4. The molecule has 0 spiro atoms. The number of likely N-dealkylation sites (N-methyl/N-ethyl adjacent to an activating group) is 1.